The first-order valence-corrected chi connectivity index (χ1v) is 13.3. The van der Waals surface area contributed by atoms with Gasteiger partial charge in [-0.1, -0.05) is 70.0 Å². The molecule has 5 rings (SSSR count). The highest BCUT2D eigenvalue weighted by atomic mass is 79.9. The molecule has 0 bridgehead atoms. The maximum atomic E-state index is 13.6. The molecule has 0 aliphatic heterocycles. The van der Waals surface area contributed by atoms with Gasteiger partial charge < -0.3 is 9.47 Å². The second-order valence-electron chi connectivity index (χ2n) is 8.80. The van der Waals surface area contributed by atoms with Crippen molar-refractivity contribution in [3.63, 3.8) is 0 Å². The summed E-state index contributed by atoms with van der Waals surface area (Å²) in [4.78, 5) is 18.1. The monoisotopic (exact) mass is 641 g/mol. The predicted molar refractivity (Wildman–Crippen MR) is 156 cm³/mol. The van der Waals surface area contributed by atoms with E-state index in [2.05, 4.69) is 26.0 Å². The van der Waals surface area contributed by atoms with Crippen LogP contribution in [0.1, 0.15) is 16.7 Å². The minimum Gasteiger partial charge on any atom is -0.493 e. The number of para-hydroxylation sites is 1. The molecule has 1 heterocycles. The van der Waals surface area contributed by atoms with Gasteiger partial charge in [-0.15, -0.1) is 0 Å². The lowest BCUT2D eigenvalue weighted by atomic mass is 10.1. The maximum Gasteiger partial charge on any atom is 0.416 e. The van der Waals surface area contributed by atoms with Gasteiger partial charge >= 0.3 is 6.18 Å². The fraction of sp³-hybridized carbons (Fsp3) is 0.100. The molecule has 0 unspecified atom stereocenters. The Morgan fingerprint density at radius 1 is 1.02 bits per heavy atom. The molecule has 6 nitrogen and oxygen atoms in total. The Hall–Kier alpha value is -4.15. The number of ether oxygens (including phenoxy) is 2. The molecule has 1 aromatic heterocycles. The molecule has 0 fully saturated rings. The molecule has 5 aromatic rings. The van der Waals surface area contributed by atoms with Crippen LogP contribution in [0.2, 0.25) is 5.02 Å². The average Bonchev–Trinajstić information content (AvgIpc) is 2.96. The molecule has 0 N–H and O–H groups in total. The van der Waals surface area contributed by atoms with E-state index in [0.717, 1.165) is 22.4 Å². The molecule has 0 aliphatic carbocycles. The van der Waals surface area contributed by atoms with E-state index in [1.54, 1.807) is 48.5 Å². The second kappa shape index (κ2) is 11.8. The van der Waals surface area contributed by atoms with Crippen LogP contribution in [0.5, 0.6) is 11.5 Å². The zero-order valence-corrected chi connectivity index (χ0v) is 23.7. The van der Waals surface area contributed by atoms with Crippen molar-refractivity contribution in [3.8, 4) is 22.9 Å². The number of hydrogen-bond acceptors (Lipinski definition) is 5. The molecular weight excluding hydrogens is 623 g/mol. The summed E-state index contributed by atoms with van der Waals surface area (Å²) in [6.07, 6.45) is -3.22. The van der Waals surface area contributed by atoms with E-state index in [0.29, 0.717) is 32.1 Å². The van der Waals surface area contributed by atoms with E-state index in [4.69, 9.17) is 21.1 Å². The summed E-state index contributed by atoms with van der Waals surface area (Å²) >= 11 is 9.73. The first-order valence-electron chi connectivity index (χ1n) is 12.1. The van der Waals surface area contributed by atoms with Gasteiger partial charge in [0.25, 0.3) is 5.56 Å². The van der Waals surface area contributed by atoms with E-state index in [-0.39, 0.29) is 23.4 Å². The Bertz CT molecular complexity index is 1840. The van der Waals surface area contributed by atoms with Crippen LogP contribution in [0.4, 0.5) is 13.2 Å². The van der Waals surface area contributed by atoms with Crippen molar-refractivity contribution in [2.75, 3.05) is 7.11 Å². The Kier molecular flexibility index (Phi) is 8.14. The fourth-order valence-electron chi connectivity index (χ4n) is 4.13. The highest BCUT2D eigenvalue weighted by molar-refractivity contribution is 9.10. The van der Waals surface area contributed by atoms with Crippen LogP contribution in [-0.2, 0) is 12.8 Å². The van der Waals surface area contributed by atoms with Gasteiger partial charge in [0.2, 0.25) is 0 Å². The summed E-state index contributed by atoms with van der Waals surface area (Å²) in [7, 11) is 1.48. The lowest BCUT2D eigenvalue weighted by Crippen LogP contribution is -2.20. The van der Waals surface area contributed by atoms with Crippen LogP contribution < -0.4 is 15.0 Å². The lowest BCUT2D eigenvalue weighted by molar-refractivity contribution is -0.137. The third-order valence-corrected chi connectivity index (χ3v) is 6.94. The zero-order chi connectivity index (χ0) is 29.1. The molecule has 0 aliphatic rings. The summed E-state index contributed by atoms with van der Waals surface area (Å²) < 4.78 is 53.7. The first kappa shape index (κ1) is 28.4. The van der Waals surface area contributed by atoms with Gasteiger partial charge in [0, 0.05) is 26.2 Å². The van der Waals surface area contributed by atoms with E-state index >= 15 is 0 Å². The quantitative estimate of drug-likeness (QED) is 0.169. The average molecular weight is 643 g/mol. The molecule has 11 heteroatoms. The van der Waals surface area contributed by atoms with E-state index in [9.17, 15) is 18.0 Å². The number of rotatable bonds is 7. The molecule has 0 atom stereocenters. The van der Waals surface area contributed by atoms with Crippen molar-refractivity contribution in [3.05, 3.63) is 121 Å². The number of alkyl halides is 3. The summed E-state index contributed by atoms with van der Waals surface area (Å²) in [5.74, 6) is 0.647. The van der Waals surface area contributed by atoms with Crippen molar-refractivity contribution in [1.29, 1.82) is 0 Å². The maximum absolute atomic E-state index is 13.6. The van der Waals surface area contributed by atoms with Crippen molar-refractivity contribution in [1.82, 2.24) is 9.66 Å². The molecule has 41 heavy (non-hydrogen) atoms. The van der Waals surface area contributed by atoms with Gasteiger partial charge in [-0.2, -0.15) is 22.9 Å². The van der Waals surface area contributed by atoms with Crippen LogP contribution in [0.3, 0.4) is 0 Å². The largest absolute Gasteiger partial charge is 0.493 e. The number of fused-ring (bicyclic) bond motifs is 1. The van der Waals surface area contributed by atoms with Crippen LogP contribution >= 0.6 is 27.5 Å². The van der Waals surface area contributed by atoms with Gasteiger partial charge in [0.1, 0.15) is 6.61 Å². The summed E-state index contributed by atoms with van der Waals surface area (Å²) in [5.41, 5.74) is 0.132. The normalized spacial score (nSPS) is 11.8. The number of methoxy groups -OCH3 is 1. The second-order valence-corrected chi connectivity index (χ2v) is 10.1. The van der Waals surface area contributed by atoms with Crippen molar-refractivity contribution in [2.45, 2.75) is 12.8 Å². The number of benzene rings is 4. The van der Waals surface area contributed by atoms with E-state index in [1.807, 2.05) is 12.1 Å². The Morgan fingerprint density at radius 3 is 2.54 bits per heavy atom. The van der Waals surface area contributed by atoms with Crippen molar-refractivity contribution >= 4 is 44.6 Å². The van der Waals surface area contributed by atoms with Crippen LogP contribution in [0.25, 0.3) is 22.3 Å². The summed E-state index contributed by atoms with van der Waals surface area (Å²) in [5, 5.41) is 5.18. The number of halogens is 5. The molecule has 208 valence electrons. The van der Waals surface area contributed by atoms with Gasteiger partial charge in [0.15, 0.2) is 17.3 Å². The predicted octanol–water partition coefficient (Wildman–Crippen LogP) is 7.97. The number of nitrogens with zero attached hydrogens (tertiary/aromatic N) is 3. The van der Waals surface area contributed by atoms with Crippen LogP contribution in [-0.4, -0.2) is 23.0 Å². The SMILES string of the molecule is COc1cc(Br)cc(C=Nn2c(-c3cccc(C(F)(F)F)c3)nc3ccccc3c2=O)c1OCc1ccccc1Cl. The third-order valence-electron chi connectivity index (χ3n) is 6.11. The molecule has 0 spiro atoms. The van der Waals surface area contributed by atoms with Crippen molar-refractivity contribution in [2.24, 2.45) is 5.10 Å². The molecular formula is C30H20BrClF3N3O3. The van der Waals surface area contributed by atoms with Crippen molar-refractivity contribution < 1.29 is 22.6 Å². The third kappa shape index (κ3) is 6.13. The standard InChI is InChI=1S/C30H20BrClF3N3O3/c1-40-26-15-22(31)14-20(27(26)41-17-19-7-2-4-11-24(19)32)16-36-38-28(18-8-6-9-21(13-18)30(33,34)35)37-25-12-5-3-10-23(25)29(38)39/h2-16H,17H2,1H3. The van der Waals surface area contributed by atoms with Gasteiger partial charge in [-0.3, -0.25) is 4.79 Å². The Balaban J connectivity index is 1.65. The highest BCUT2D eigenvalue weighted by Crippen LogP contribution is 2.36. The lowest BCUT2D eigenvalue weighted by Gasteiger charge is -2.15. The van der Waals surface area contributed by atoms with Gasteiger partial charge in [0.05, 0.1) is 29.8 Å². The smallest absolute Gasteiger partial charge is 0.416 e. The van der Waals surface area contributed by atoms with E-state index in [1.165, 1.54) is 25.5 Å². The first-order chi connectivity index (χ1) is 19.7. The molecule has 0 saturated carbocycles. The van der Waals surface area contributed by atoms with Gasteiger partial charge in [-0.25, -0.2) is 4.98 Å². The summed E-state index contributed by atoms with van der Waals surface area (Å²) in [6.45, 7) is 0.117. The van der Waals surface area contributed by atoms with Crippen LogP contribution in [0.15, 0.2) is 99.3 Å². The fourth-order valence-corrected chi connectivity index (χ4v) is 4.77. The topological polar surface area (TPSA) is 65.7 Å². The van der Waals surface area contributed by atoms with Crippen LogP contribution in [0, 0.1) is 0 Å². The molecule has 0 saturated heterocycles. The molecule has 4 aromatic carbocycles. The Labute approximate surface area is 245 Å². The zero-order valence-electron chi connectivity index (χ0n) is 21.3. The highest BCUT2D eigenvalue weighted by Gasteiger charge is 2.31. The number of hydrogen-bond donors (Lipinski definition) is 0. The molecule has 0 radical (unpaired) electrons. The minimum absolute atomic E-state index is 0.0588. The molecule has 0 amide bonds. The van der Waals surface area contributed by atoms with E-state index < -0.39 is 17.3 Å². The number of aromatic nitrogens is 2. The summed E-state index contributed by atoms with van der Waals surface area (Å²) in [6, 6.07) is 21.8. The Morgan fingerprint density at radius 2 is 1.78 bits per heavy atom. The minimum atomic E-state index is -4.58. The van der Waals surface area contributed by atoms with Gasteiger partial charge in [-0.05, 0) is 42.5 Å².